The first kappa shape index (κ1) is 34.6. The third kappa shape index (κ3) is 7.97. The quantitative estimate of drug-likeness (QED) is 0.121. The average Bonchev–Trinajstić information content (AvgIpc) is 3.73. The molecule has 9 nitrogen and oxygen atoms in total. The Morgan fingerprint density at radius 1 is 0.680 bits per heavy atom. The SMILES string of the molecule is COC(=O)c1ccc(-c2nc(Cl)c3cc(C)sc3n2)cc1.COC(=O)c1ccc(-c2nc(NCCc3ccccc3)c3cc(C)sc3n2)cc1. The van der Waals surface area contributed by atoms with E-state index in [0.717, 1.165) is 55.2 Å². The molecule has 4 heterocycles. The molecule has 4 aromatic heterocycles. The van der Waals surface area contributed by atoms with E-state index in [1.807, 2.05) is 31.2 Å². The first-order valence-electron chi connectivity index (χ1n) is 15.6. The molecule has 252 valence electrons. The van der Waals surface area contributed by atoms with Gasteiger partial charge in [0.15, 0.2) is 11.6 Å². The normalized spacial score (nSPS) is 10.8. The number of nitrogens with zero attached hydrogens (tertiary/aromatic N) is 4. The van der Waals surface area contributed by atoms with E-state index in [-0.39, 0.29) is 11.9 Å². The number of anilines is 1. The van der Waals surface area contributed by atoms with Gasteiger partial charge in [-0.1, -0.05) is 66.2 Å². The van der Waals surface area contributed by atoms with Crippen LogP contribution in [-0.2, 0) is 15.9 Å². The van der Waals surface area contributed by atoms with Crippen molar-refractivity contribution in [2.75, 3.05) is 26.1 Å². The minimum absolute atomic E-state index is 0.356. The highest BCUT2D eigenvalue weighted by atomic mass is 35.5. The van der Waals surface area contributed by atoms with Crippen molar-refractivity contribution in [3.63, 3.8) is 0 Å². The number of fused-ring (bicyclic) bond motifs is 2. The van der Waals surface area contributed by atoms with Gasteiger partial charge in [-0.05, 0) is 62.2 Å². The predicted molar refractivity (Wildman–Crippen MR) is 202 cm³/mol. The highest BCUT2D eigenvalue weighted by Crippen LogP contribution is 2.32. The lowest BCUT2D eigenvalue weighted by molar-refractivity contribution is 0.0592. The maximum absolute atomic E-state index is 11.7. The van der Waals surface area contributed by atoms with Crippen LogP contribution in [-0.4, -0.2) is 52.6 Å². The lowest BCUT2D eigenvalue weighted by Gasteiger charge is -2.09. The molecule has 0 bridgehead atoms. The summed E-state index contributed by atoms with van der Waals surface area (Å²) in [5.74, 6) is 1.29. The van der Waals surface area contributed by atoms with Gasteiger partial charge in [0, 0.05) is 32.8 Å². The summed E-state index contributed by atoms with van der Waals surface area (Å²) >= 11 is 9.44. The van der Waals surface area contributed by atoms with Crippen molar-refractivity contribution in [3.05, 3.63) is 123 Å². The zero-order valence-corrected chi connectivity index (χ0v) is 30.1. The van der Waals surface area contributed by atoms with E-state index in [9.17, 15) is 9.59 Å². The number of nitrogens with one attached hydrogen (secondary N) is 1. The van der Waals surface area contributed by atoms with E-state index in [2.05, 4.69) is 57.3 Å². The van der Waals surface area contributed by atoms with Crippen LogP contribution < -0.4 is 5.32 Å². The van der Waals surface area contributed by atoms with Crippen LogP contribution in [0.4, 0.5) is 5.82 Å². The number of methoxy groups -OCH3 is 2. The van der Waals surface area contributed by atoms with E-state index in [4.69, 9.17) is 26.3 Å². The first-order chi connectivity index (χ1) is 24.2. The van der Waals surface area contributed by atoms with Crippen molar-refractivity contribution in [3.8, 4) is 22.8 Å². The summed E-state index contributed by atoms with van der Waals surface area (Å²) in [6, 6.07) is 28.6. The van der Waals surface area contributed by atoms with Gasteiger partial charge in [0.1, 0.15) is 20.6 Å². The first-order valence-corrected chi connectivity index (χ1v) is 17.6. The van der Waals surface area contributed by atoms with Gasteiger partial charge in [-0.15, -0.1) is 22.7 Å². The second-order valence-corrected chi connectivity index (χ2v) is 14.0. The molecule has 7 rings (SSSR count). The number of rotatable bonds is 8. The number of aromatic nitrogens is 4. The van der Waals surface area contributed by atoms with Gasteiger partial charge < -0.3 is 14.8 Å². The fourth-order valence-electron chi connectivity index (χ4n) is 5.16. The molecule has 12 heteroatoms. The smallest absolute Gasteiger partial charge is 0.337 e. The Kier molecular flexibility index (Phi) is 10.8. The summed E-state index contributed by atoms with van der Waals surface area (Å²) in [6.07, 6.45) is 0.915. The van der Waals surface area contributed by atoms with E-state index in [0.29, 0.717) is 27.9 Å². The summed E-state index contributed by atoms with van der Waals surface area (Å²) < 4.78 is 9.44. The average molecular weight is 722 g/mol. The molecule has 0 radical (unpaired) electrons. The monoisotopic (exact) mass is 721 g/mol. The number of esters is 2. The minimum Gasteiger partial charge on any atom is -0.465 e. The lowest BCUT2D eigenvalue weighted by Crippen LogP contribution is -2.07. The minimum atomic E-state index is -0.371. The Morgan fingerprint density at radius 3 is 1.72 bits per heavy atom. The molecule has 0 spiro atoms. The number of thiophene rings is 2. The number of ether oxygens (including phenoxy) is 2. The van der Waals surface area contributed by atoms with Crippen molar-refractivity contribution in [2.45, 2.75) is 20.3 Å². The summed E-state index contributed by atoms with van der Waals surface area (Å²) in [5, 5.41) is 5.83. The highest BCUT2D eigenvalue weighted by Gasteiger charge is 2.14. The largest absolute Gasteiger partial charge is 0.465 e. The van der Waals surface area contributed by atoms with E-state index < -0.39 is 0 Å². The second-order valence-electron chi connectivity index (χ2n) is 11.2. The fraction of sp³-hybridized carbons (Fsp3) is 0.158. The Bertz CT molecular complexity index is 2290. The van der Waals surface area contributed by atoms with Crippen LogP contribution in [0.2, 0.25) is 5.15 Å². The number of hydrogen-bond donors (Lipinski definition) is 1. The fourth-order valence-corrected chi connectivity index (χ4v) is 7.20. The molecular weight excluding hydrogens is 690 g/mol. The molecule has 3 aromatic carbocycles. The van der Waals surface area contributed by atoms with Crippen molar-refractivity contribution in [2.24, 2.45) is 0 Å². The number of hydrogen-bond acceptors (Lipinski definition) is 11. The molecular formula is C38H32ClN5O4S2. The molecule has 1 N–H and O–H groups in total. The number of carbonyl (C=O) groups excluding carboxylic acids is 2. The van der Waals surface area contributed by atoms with Crippen molar-refractivity contribution in [1.29, 1.82) is 0 Å². The molecule has 50 heavy (non-hydrogen) atoms. The van der Waals surface area contributed by atoms with Crippen LogP contribution in [0.1, 0.15) is 36.0 Å². The molecule has 0 aliphatic rings. The molecule has 0 amide bonds. The number of carbonyl (C=O) groups is 2. The maximum Gasteiger partial charge on any atom is 0.337 e. The third-order valence-corrected chi connectivity index (χ3v) is 9.84. The van der Waals surface area contributed by atoms with Crippen molar-refractivity contribution >= 4 is 72.5 Å². The predicted octanol–water partition coefficient (Wildman–Crippen LogP) is 9.21. The molecule has 0 aliphatic heterocycles. The van der Waals surface area contributed by atoms with Gasteiger partial charge in [-0.25, -0.2) is 29.5 Å². The molecule has 0 atom stereocenters. The van der Waals surface area contributed by atoms with Crippen molar-refractivity contribution in [1.82, 2.24) is 19.9 Å². The van der Waals surface area contributed by atoms with Gasteiger partial charge >= 0.3 is 11.9 Å². The summed E-state index contributed by atoms with van der Waals surface area (Å²) in [4.78, 5) is 45.6. The van der Waals surface area contributed by atoms with Gasteiger partial charge in [0.25, 0.3) is 0 Å². The van der Waals surface area contributed by atoms with E-state index in [1.54, 1.807) is 59.1 Å². The summed E-state index contributed by atoms with van der Waals surface area (Å²) in [6.45, 7) is 4.87. The van der Waals surface area contributed by atoms with Crippen LogP contribution in [0.5, 0.6) is 0 Å². The van der Waals surface area contributed by atoms with Gasteiger partial charge in [-0.2, -0.15) is 0 Å². The van der Waals surface area contributed by atoms with Crippen LogP contribution in [0.15, 0.2) is 91.0 Å². The van der Waals surface area contributed by atoms with Crippen LogP contribution in [0.3, 0.4) is 0 Å². The number of benzene rings is 3. The Labute approximate surface area is 302 Å². The molecule has 0 aliphatic carbocycles. The molecule has 0 fully saturated rings. The zero-order valence-electron chi connectivity index (χ0n) is 27.7. The van der Waals surface area contributed by atoms with Gasteiger partial charge in [0.05, 0.1) is 30.7 Å². The number of halogens is 1. The number of aryl methyl sites for hydroxylation is 2. The zero-order chi connectivity index (χ0) is 35.2. The molecule has 0 unspecified atom stereocenters. The third-order valence-electron chi connectivity index (χ3n) is 7.66. The van der Waals surface area contributed by atoms with Crippen LogP contribution in [0.25, 0.3) is 43.2 Å². The topological polar surface area (TPSA) is 116 Å². The second kappa shape index (κ2) is 15.5. The Balaban J connectivity index is 0.000000182. The van der Waals surface area contributed by atoms with E-state index >= 15 is 0 Å². The highest BCUT2D eigenvalue weighted by molar-refractivity contribution is 7.19. The summed E-state index contributed by atoms with van der Waals surface area (Å²) in [5.41, 5.74) is 3.94. The maximum atomic E-state index is 11.7. The molecule has 0 saturated heterocycles. The van der Waals surface area contributed by atoms with Gasteiger partial charge in [0.2, 0.25) is 0 Å². The molecule has 7 aromatic rings. The van der Waals surface area contributed by atoms with E-state index in [1.165, 1.54) is 24.7 Å². The summed E-state index contributed by atoms with van der Waals surface area (Å²) in [7, 11) is 2.73. The molecule has 0 saturated carbocycles. The Hall–Kier alpha value is -5.23. The van der Waals surface area contributed by atoms with Gasteiger partial charge in [-0.3, -0.25) is 0 Å². The lowest BCUT2D eigenvalue weighted by atomic mass is 10.1. The standard InChI is InChI=1S/C23H21N3O2S.C15H11ClN2O2S/c1-15-14-19-21(24-13-12-16-6-4-3-5-7-16)25-20(26-22(19)29-15)17-8-10-18(11-9-17)23(27)28-2;1-8-7-11-12(16)17-13(18-14(11)21-8)9-3-5-10(6-4-9)15(19)20-2/h3-11,14H,12-13H2,1-2H3,(H,24,25,26);3-7H,1-2H3. The Morgan fingerprint density at radius 2 is 1.18 bits per heavy atom. The van der Waals surface area contributed by atoms with Crippen LogP contribution >= 0.6 is 34.3 Å². The van der Waals surface area contributed by atoms with Crippen molar-refractivity contribution < 1.29 is 19.1 Å². The van der Waals surface area contributed by atoms with Crippen LogP contribution in [0, 0.1) is 13.8 Å².